The van der Waals surface area contributed by atoms with Crippen molar-refractivity contribution in [3.63, 3.8) is 0 Å². The van der Waals surface area contributed by atoms with E-state index >= 15 is 0 Å². The molecule has 2 fully saturated rings. The first-order valence-electron chi connectivity index (χ1n) is 13.9. The van der Waals surface area contributed by atoms with Crippen LogP contribution in [0.1, 0.15) is 55.2 Å². The summed E-state index contributed by atoms with van der Waals surface area (Å²) in [5, 5.41) is 12.8. The minimum atomic E-state index is -0.619. The molecule has 0 spiro atoms. The van der Waals surface area contributed by atoms with Crippen LogP contribution in [0.25, 0.3) is 33.1 Å². The highest BCUT2D eigenvalue weighted by Crippen LogP contribution is 2.40. The Hall–Kier alpha value is -3.58. The normalized spacial score (nSPS) is 21.3. The van der Waals surface area contributed by atoms with Gasteiger partial charge in [-0.3, -0.25) is 4.79 Å². The summed E-state index contributed by atoms with van der Waals surface area (Å²) in [5.41, 5.74) is 4.28. The molecule has 1 saturated carbocycles. The lowest BCUT2D eigenvalue weighted by Gasteiger charge is -2.47. The number of ether oxygens (including phenoxy) is 1. The number of piperidine rings is 1. The molecule has 7 heteroatoms. The van der Waals surface area contributed by atoms with Gasteiger partial charge in [0.15, 0.2) is 0 Å². The summed E-state index contributed by atoms with van der Waals surface area (Å²) < 4.78 is 17.1. The Morgan fingerprint density at radius 1 is 1.10 bits per heavy atom. The van der Waals surface area contributed by atoms with E-state index in [1.54, 1.807) is 13.4 Å². The van der Waals surface area contributed by atoms with Gasteiger partial charge in [-0.15, -0.1) is 0 Å². The highest BCUT2D eigenvalue weighted by molar-refractivity contribution is 6.05. The first kappa shape index (κ1) is 25.7. The van der Waals surface area contributed by atoms with Crippen LogP contribution in [-0.4, -0.2) is 41.7 Å². The van der Waals surface area contributed by atoms with Crippen molar-refractivity contribution >= 4 is 27.8 Å². The van der Waals surface area contributed by atoms with E-state index in [0.717, 1.165) is 64.5 Å². The van der Waals surface area contributed by atoms with Crippen molar-refractivity contribution in [1.82, 2.24) is 4.90 Å². The van der Waals surface area contributed by atoms with Gasteiger partial charge in [-0.2, -0.15) is 0 Å². The highest BCUT2D eigenvalue weighted by Gasteiger charge is 2.43. The second-order valence-corrected chi connectivity index (χ2v) is 11.3. The summed E-state index contributed by atoms with van der Waals surface area (Å²) in [6, 6.07) is 9.84. The van der Waals surface area contributed by atoms with Crippen LogP contribution in [0.15, 0.2) is 50.2 Å². The molecule has 204 valence electrons. The van der Waals surface area contributed by atoms with Crippen LogP contribution in [0, 0.1) is 19.8 Å². The van der Waals surface area contributed by atoms with Crippen LogP contribution in [-0.2, 0) is 11.2 Å². The Bertz CT molecular complexity index is 1610. The molecule has 1 amide bonds. The third kappa shape index (κ3) is 4.42. The molecule has 1 saturated heterocycles. The lowest BCUT2D eigenvalue weighted by Crippen LogP contribution is -2.54. The molecule has 0 radical (unpaired) electrons. The van der Waals surface area contributed by atoms with Gasteiger partial charge in [0, 0.05) is 52.9 Å². The number of carbonyl (C=O) groups is 1. The lowest BCUT2D eigenvalue weighted by atomic mass is 9.71. The molecule has 6 rings (SSSR count). The van der Waals surface area contributed by atoms with Crippen molar-refractivity contribution in [2.45, 2.75) is 64.4 Å². The third-order valence-corrected chi connectivity index (χ3v) is 9.11. The highest BCUT2D eigenvalue weighted by atomic mass is 16.5. The molecule has 7 nitrogen and oxygen atoms in total. The van der Waals surface area contributed by atoms with Crippen LogP contribution in [0.4, 0.5) is 0 Å². The Labute approximate surface area is 227 Å². The van der Waals surface area contributed by atoms with Crippen molar-refractivity contribution in [3.05, 3.63) is 63.7 Å². The first-order chi connectivity index (χ1) is 18.8. The van der Waals surface area contributed by atoms with Crippen LogP contribution in [0.5, 0.6) is 5.75 Å². The number of benzene rings is 2. The van der Waals surface area contributed by atoms with Crippen molar-refractivity contribution in [1.29, 1.82) is 0 Å². The van der Waals surface area contributed by atoms with Gasteiger partial charge in [0.05, 0.1) is 19.0 Å². The van der Waals surface area contributed by atoms with Crippen LogP contribution >= 0.6 is 0 Å². The van der Waals surface area contributed by atoms with Gasteiger partial charge < -0.3 is 23.6 Å². The molecule has 2 atom stereocenters. The van der Waals surface area contributed by atoms with Gasteiger partial charge in [-0.1, -0.05) is 25.0 Å². The predicted octanol–water partition coefficient (Wildman–Crippen LogP) is 5.92. The standard InChI is InChI=1S/C32H35NO6/c1-19-24(11-12-28(34)33-15-14-32(36)13-5-4-6-22(32)17-33)31(35)39-30-20(2)29-26(16-25(19)30)27(18-38-29)21-7-9-23(37-3)10-8-21/h7-10,16,18,22,36H,4-6,11-15,17H2,1-3H3/t22-,32+/m0/s1. The SMILES string of the molecule is COc1ccc(-c2coc3c(C)c4oc(=O)c(CCC(=O)N5CC[C@]6(O)CCCC[C@H]6C5)c(C)c4cc23)cc1. The fourth-order valence-corrected chi connectivity index (χ4v) is 6.67. The molecule has 1 N–H and O–H groups in total. The Kier molecular flexibility index (Phi) is 6.50. The van der Waals surface area contributed by atoms with E-state index in [0.29, 0.717) is 42.7 Å². The van der Waals surface area contributed by atoms with Crippen LogP contribution in [0.3, 0.4) is 0 Å². The molecule has 4 aromatic rings. The maximum absolute atomic E-state index is 13.2. The molecule has 39 heavy (non-hydrogen) atoms. The van der Waals surface area contributed by atoms with Gasteiger partial charge in [0.25, 0.3) is 0 Å². The van der Waals surface area contributed by atoms with E-state index < -0.39 is 11.2 Å². The second-order valence-electron chi connectivity index (χ2n) is 11.3. The van der Waals surface area contributed by atoms with Gasteiger partial charge >= 0.3 is 5.63 Å². The number of methoxy groups -OCH3 is 1. The lowest BCUT2D eigenvalue weighted by molar-refractivity contribution is -0.143. The molecule has 2 aromatic carbocycles. The third-order valence-electron chi connectivity index (χ3n) is 9.11. The second kappa shape index (κ2) is 9.87. The van der Waals surface area contributed by atoms with Crippen molar-refractivity contribution in [2.75, 3.05) is 20.2 Å². The average Bonchev–Trinajstić information content (AvgIpc) is 3.37. The molecule has 1 aliphatic heterocycles. The van der Waals surface area contributed by atoms with E-state index in [1.165, 1.54) is 0 Å². The summed E-state index contributed by atoms with van der Waals surface area (Å²) in [6.45, 7) is 5.01. The number of amides is 1. The molecule has 3 heterocycles. The number of hydrogen-bond acceptors (Lipinski definition) is 6. The Balaban J connectivity index is 1.29. The topological polar surface area (TPSA) is 93.1 Å². The van der Waals surface area contributed by atoms with Gasteiger partial charge in [-0.05, 0) is 68.9 Å². The maximum atomic E-state index is 13.2. The van der Waals surface area contributed by atoms with E-state index in [-0.39, 0.29) is 18.2 Å². The quantitative estimate of drug-likeness (QED) is 0.323. The number of likely N-dealkylation sites (tertiary alicyclic amines) is 1. The molecule has 0 bridgehead atoms. The number of furan rings is 1. The number of fused-ring (bicyclic) bond motifs is 3. The van der Waals surface area contributed by atoms with Crippen LogP contribution in [0.2, 0.25) is 0 Å². The maximum Gasteiger partial charge on any atom is 0.339 e. The minimum absolute atomic E-state index is 0.0322. The number of carbonyl (C=O) groups excluding carboxylic acids is 1. The number of rotatable bonds is 5. The van der Waals surface area contributed by atoms with Crippen molar-refractivity contribution in [3.8, 4) is 16.9 Å². The summed E-state index contributed by atoms with van der Waals surface area (Å²) in [7, 11) is 1.64. The van der Waals surface area contributed by atoms with E-state index in [9.17, 15) is 14.7 Å². The molecule has 2 aliphatic rings. The number of aryl methyl sites for hydroxylation is 2. The number of aliphatic hydroxyl groups is 1. The average molecular weight is 530 g/mol. The van der Waals surface area contributed by atoms with Gasteiger partial charge in [0.1, 0.15) is 16.9 Å². The van der Waals surface area contributed by atoms with E-state index in [2.05, 4.69) is 0 Å². The van der Waals surface area contributed by atoms with E-state index in [1.807, 2.05) is 49.1 Å². The summed E-state index contributed by atoms with van der Waals surface area (Å²) in [4.78, 5) is 28.1. The summed E-state index contributed by atoms with van der Waals surface area (Å²) >= 11 is 0. The molecule has 2 aromatic heterocycles. The number of nitrogens with zero attached hydrogens (tertiary/aromatic N) is 1. The Morgan fingerprint density at radius 3 is 2.67 bits per heavy atom. The minimum Gasteiger partial charge on any atom is -0.497 e. The summed E-state index contributed by atoms with van der Waals surface area (Å²) in [5.74, 6) is 0.963. The smallest absolute Gasteiger partial charge is 0.339 e. The van der Waals surface area contributed by atoms with Gasteiger partial charge in [0.2, 0.25) is 5.91 Å². The molecule has 0 unspecified atom stereocenters. The van der Waals surface area contributed by atoms with Crippen molar-refractivity contribution < 1.29 is 23.5 Å². The molecule has 1 aliphatic carbocycles. The van der Waals surface area contributed by atoms with Crippen molar-refractivity contribution in [2.24, 2.45) is 5.92 Å². The Morgan fingerprint density at radius 2 is 1.90 bits per heavy atom. The zero-order chi connectivity index (χ0) is 27.3. The van der Waals surface area contributed by atoms with E-state index in [4.69, 9.17) is 13.6 Å². The fraction of sp³-hybridized carbons (Fsp3) is 0.438. The predicted molar refractivity (Wildman–Crippen MR) is 150 cm³/mol. The fourth-order valence-electron chi connectivity index (χ4n) is 6.67. The number of hydrogen-bond donors (Lipinski definition) is 1. The monoisotopic (exact) mass is 529 g/mol. The molecular formula is C32H35NO6. The zero-order valence-corrected chi connectivity index (χ0v) is 22.8. The largest absolute Gasteiger partial charge is 0.497 e. The van der Waals surface area contributed by atoms with Gasteiger partial charge in [-0.25, -0.2) is 4.79 Å². The zero-order valence-electron chi connectivity index (χ0n) is 22.8. The first-order valence-corrected chi connectivity index (χ1v) is 13.9. The molecular weight excluding hydrogens is 494 g/mol. The summed E-state index contributed by atoms with van der Waals surface area (Å²) in [6.07, 6.45) is 6.90. The van der Waals surface area contributed by atoms with Crippen LogP contribution < -0.4 is 10.4 Å².